The van der Waals surface area contributed by atoms with E-state index in [0.29, 0.717) is 6.04 Å². The van der Waals surface area contributed by atoms with Crippen LogP contribution < -0.4 is 10.6 Å². The van der Waals surface area contributed by atoms with E-state index in [1.807, 2.05) is 24.0 Å². The summed E-state index contributed by atoms with van der Waals surface area (Å²) in [5, 5.41) is 11.4. The highest BCUT2D eigenvalue weighted by Gasteiger charge is 2.20. The van der Waals surface area contributed by atoms with Gasteiger partial charge < -0.3 is 10.6 Å². The fourth-order valence-electron chi connectivity index (χ4n) is 3.88. The smallest absolute Gasteiger partial charge is 0.191 e. The third-order valence-corrected chi connectivity index (χ3v) is 5.54. The molecule has 1 fully saturated rings. The van der Waals surface area contributed by atoms with Crippen molar-refractivity contribution in [2.45, 2.75) is 32.0 Å². The second kappa shape index (κ2) is 10.1. The van der Waals surface area contributed by atoms with E-state index in [1.165, 1.54) is 11.1 Å². The minimum Gasteiger partial charge on any atom is -0.354 e. The van der Waals surface area contributed by atoms with Crippen LogP contribution >= 0.6 is 0 Å². The maximum Gasteiger partial charge on any atom is 0.191 e. The molecule has 0 aliphatic carbocycles. The Kier molecular flexibility index (Phi) is 6.77. The van der Waals surface area contributed by atoms with Gasteiger partial charge in [-0.25, -0.2) is 4.68 Å². The molecule has 0 saturated carbocycles. The second-order valence-electron chi connectivity index (χ2n) is 7.73. The van der Waals surface area contributed by atoms with E-state index in [1.54, 1.807) is 6.20 Å². The predicted octanol–water partition coefficient (Wildman–Crippen LogP) is 3.20. The van der Waals surface area contributed by atoms with Crippen LogP contribution in [-0.2, 0) is 13.1 Å². The quantitative estimate of drug-likeness (QED) is 0.491. The van der Waals surface area contributed by atoms with Gasteiger partial charge in [0.25, 0.3) is 0 Å². The molecule has 1 aliphatic rings. The van der Waals surface area contributed by atoms with E-state index in [4.69, 9.17) is 0 Å². The van der Waals surface area contributed by atoms with Gasteiger partial charge in [-0.2, -0.15) is 5.10 Å². The second-order valence-corrected chi connectivity index (χ2v) is 7.73. The molecule has 4 rings (SSSR count). The molecule has 3 aromatic rings. The van der Waals surface area contributed by atoms with Crippen LogP contribution in [0.1, 0.15) is 24.0 Å². The number of nitrogens with one attached hydrogen (secondary N) is 2. The van der Waals surface area contributed by atoms with Crippen LogP contribution in [-0.4, -0.2) is 46.8 Å². The normalized spacial score (nSPS) is 15.8. The molecular weight excluding hydrogens is 372 g/mol. The summed E-state index contributed by atoms with van der Waals surface area (Å²) in [6, 6.07) is 21.5. The highest BCUT2D eigenvalue weighted by Crippen LogP contribution is 2.14. The van der Waals surface area contributed by atoms with Gasteiger partial charge in [0.2, 0.25) is 0 Å². The molecule has 6 heteroatoms. The zero-order valence-electron chi connectivity index (χ0n) is 17.5. The average molecular weight is 403 g/mol. The van der Waals surface area contributed by atoms with E-state index in [2.05, 4.69) is 80.2 Å². The Bertz CT molecular complexity index is 927. The maximum atomic E-state index is 4.42. The Labute approximate surface area is 178 Å². The highest BCUT2D eigenvalue weighted by atomic mass is 15.3. The number of benzene rings is 2. The Morgan fingerprint density at radius 3 is 2.57 bits per heavy atom. The fourth-order valence-corrected chi connectivity index (χ4v) is 3.88. The van der Waals surface area contributed by atoms with Crippen molar-refractivity contribution in [3.8, 4) is 5.69 Å². The molecule has 6 nitrogen and oxygen atoms in total. The monoisotopic (exact) mass is 402 g/mol. The molecule has 0 spiro atoms. The zero-order chi connectivity index (χ0) is 20.6. The van der Waals surface area contributed by atoms with Crippen LogP contribution in [0.2, 0.25) is 0 Å². The summed E-state index contributed by atoms with van der Waals surface area (Å²) >= 11 is 0. The van der Waals surface area contributed by atoms with E-state index in [0.717, 1.165) is 50.7 Å². The van der Waals surface area contributed by atoms with Crippen molar-refractivity contribution in [2.24, 2.45) is 4.99 Å². The average Bonchev–Trinajstić information content (AvgIpc) is 3.34. The van der Waals surface area contributed by atoms with Gasteiger partial charge in [0.1, 0.15) is 0 Å². The lowest BCUT2D eigenvalue weighted by molar-refractivity contribution is 0.198. The van der Waals surface area contributed by atoms with Gasteiger partial charge in [0, 0.05) is 51.7 Å². The summed E-state index contributed by atoms with van der Waals surface area (Å²) < 4.78 is 1.87. The Balaban J connectivity index is 1.24. The van der Waals surface area contributed by atoms with Crippen LogP contribution in [0.15, 0.2) is 78.0 Å². The van der Waals surface area contributed by atoms with Crippen molar-refractivity contribution in [3.63, 3.8) is 0 Å². The lowest BCUT2D eigenvalue weighted by atomic mass is 10.0. The highest BCUT2D eigenvalue weighted by molar-refractivity contribution is 5.80. The molecule has 2 N–H and O–H groups in total. The summed E-state index contributed by atoms with van der Waals surface area (Å²) in [5.74, 6) is 0.862. The van der Waals surface area contributed by atoms with Crippen molar-refractivity contribution in [2.75, 3.05) is 20.1 Å². The van der Waals surface area contributed by atoms with Gasteiger partial charge in [-0.1, -0.05) is 42.5 Å². The van der Waals surface area contributed by atoms with Gasteiger partial charge in [0.05, 0.1) is 5.69 Å². The van der Waals surface area contributed by atoms with Crippen LogP contribution in [0.3, 0.4) is 0 Å². The Morgan fingerprint density at radius 2 is 1.83 bits per heavy atom. The van der Waals surface area contributed by atoms with E-state index < -0.39 is 0 Å². The molecule has 1 aliphatic heterocycles. The molecule has 0 unspecified atom stereocenters. The summed E-state index contributed by atoms with van der Waals surface area (Å²) in [5.41, 5.74) is 3.65. The Morgan fingerprint density at radius 1 is 1.03 bits per heavy atom. The number of aliphatic imine (C=N–C) groups is 1. The lowest BCUT2D eigenvalue weighted by Crippen LogP contribution is -2.48. The molecule has 2 heterocycles. The zero-order valence-corrected chi connectivity index (χ0v) is 17.5. The number of hydrogen-bond acceptors (Lipinski definition) is 3. The third-order valence-electron chi connectivity index (χ3n) is 5.54. The first-order chi connectivity index (χ1) is 14.8. The van der Waals surface area contributed by atoms with Gasteiger partial charge in [-0.15, -0.1) is 0 Å². The molecule has 0 atom stereocenters. The number of guanidine groups is 1. The van der Waals surface area contributed by atoms with Crippen molar-refractivity contribution >= 4 is 5.96 Å². The van der Waals surface area contributed by atoms with Gasteiger partial charge in [0.15, 0.2) is 5.96 Å². The van der Waals surface area contributed by atoms with Crippen LogP contribution in [0.4, 0.5) is 0 Å². The topological polar surface area (TPSA) is 57.5 Å². The summed E-state index contributed by atoms with van der Waals surface area (Å²) in [4.78, 5) is 6.95. The van der Waals surface area contributed by atoms with Crippen molar-refractivity contribution in [1.82, 2.24) is 25.3 Å². The largest absolute Gasteiger partial charge is 0.354 e. The molecule has 1 aromatic heterocycles. The minimum atomic E-state index is 0.457. The summed E-state index contributed by atoms with van der Waals surface area (Å²) in [7, 11) is 1.83. The predicted molar refractivity (Wildman–Crippen MR) is 122 cm³/mol. The van der Waals surface area contributed by atoms with E-state index in [-0.39, 0.29) is 0 Å². The van der Waals surface area contributed by atoms with Gasteiger partial charge in [-0.05, 0) is 42.2 Å². The van der Waals surface area contributed by atoms with E-state index in [9.17, 15) is 0 Å². The molecule has 2 aromatic carbocycles. The lowest BCUT2D eigenvalue weighted by Gasteiger charge is -2.33. The van der Waals surface area contributed by atoms with Gasteiger partial charge in [-0.3, -0.25) is 9.89 Å². The first-order valence-electron chi connectivity index (χ1n) is 10.6. The number of aromatic nitrogens is 2. The van der Waals surface area contributed by atoms with Crippen molar-refractivity contribution in [1.29, 1.82) is 0 Å². The van der Waals surface area contributed by atoms with Crippen LogP contribution in [0.5, 0.6) is 0 Å². The van der Waals surface area contributed by atoms with E-state index >= 15 is 0 Å². The number of likely N-dealkylation sites (tertiary alicyclic amines) is 1. The van der Waals surface area contributed by atoms with Gasteiger partial charge >= 0.3 is 0 Å². The molecule has 0 bridgehead atoms. The summed E-state index contributed by atoms with van der Waals surface area (Å²) in [6.45, 7) is 3.97. The van der Waals surface area contributed by atoms with Crippen molar-refractivity contribution < 1.29 is 0 Å². The molecule has 0 amide bonds. The molecular formula is C24H30N6. The van der Waals surface area contributed by atoms with Crippen LogP contribution in [0.25, 0.3) is 5.69 Å². The molecule has 0 radical (unpaired) electrons. The first kappa shape index (κ1) is 20.2. The number of nitrogens with zero attached hydrogens (tertiary/aromatic N) is 4. The molecule has 30 heavy (non-hydrogen) atoms. The minimum absolute atomic E-state index is 0.457. The molecule has 1 saturated heterocycles. The fraction of sp³-hybridized carbons (Fsp3) is 0.333. The first-order valence-corrected chi connectivity index (χ1v) is 10.6. The Hall–Kier alpha value is -3.12. The SMILES string of the molecule is CN=C(NCc1cccc(-n2cccn2)c1)NC1CCN(Cc2ccccc2)CC1. The maximum absolute atomic E-state index is 4.42. The molecule has 156 valence electrons. The number of piperidine rings is 1. The summed E-state index contributed by atoms with van der Waals surface area (Å²) in [6.07, 6.45) is 6.00. The van der Waals surface area contributed by atoms with Crippen LogP contribution in [0, 0.1) is 0 Å². The number of hydrogen-bond donors (Lipinski definition) is 2. The third kappa shape index (κ3) is 5.48. The number of rotatable bonds is 6. The standard InChI is InChI=1S/C24H30N6/c1-25-24(26-18-21-9-5-10-23(17-21)30-14-6-13-27-30)28-22-11-15-29(16-12-22)19-20-7-3-2-4-8-20/h2-10,13-14,17,22H,11-12,15-16,18-19H2,1H3,(H2,25,26,28). The van der Waals surface area contributed by atoms with Crippen molar-refractivity contribution in [3.05, 3.63) is 84.2 Å².